The molecule has 0 unspecified atom stereocenters. The Kier molecular flexibility index (Phi) is 3.84. The fourth-order valence-electron chi connectivity index (χ4n) is 2.47. The molecule has 122 valence electrons. The summed E-state index contributed by atoms with van der Waals surface area (Å²) in [6, 6.07) is 5.91. The van der Waals surface area contributed by atoms with Crippen LogP contribution in [-0.2, 0) is 9.53 Å². The second-order valence-electron chi connectivity index (χ2n) is 5.33. The number of rotatable bonds is 2. The molecule has 6 nitrogen and oxygen atoms in total. The Bertz CT molecular complexity index is 925. The van der Waals surface area contributed by atoms with Crippen molar-refractivity contribution in [2.45, 2.75) is 20.8 Å². The average Bonchev–Trinajstić information content (AvgIpc) is 3.03. The molecule has 1 aliphatic rings. The van der Waals surface area contributed by atoms with Gasteiger partial charge in [0.05, 0.1) is 17.0 Å². The Morgan fingerprint density at radius 1 is 1.29 bits per heavy atom. The first-order valence-corrected chi connectivity index (χ1v) is 7.23. The quantitative estimate of drug-likeness (QED) is 0.628. The maximum Gasteiger partial charge on any atom is 0.363 e. The van der Waals surface area contributed by atoms with Crippen molar-refractivity contribution in [1.29, 1.82) is 0 Å². The van der Waals surface area contributed by atoms with E-state index < -0.39 is 11.8 Å². The Labute approximate surface area is 137 Å². The van der Waals surface area contributed by atoms with Gasteiger partial charge in [0.1, 0.15) is 5.82 Å². The number of aromatic nitrogens is 2. The van der Waals surface area contributed by atoms with Gasteiger partial charge in [-0.3, -0.25) is 4.79 Å². The van der Waals surface area contributed by atoms with Crippen molar-refractivity contribution >= 4 is 23.9 Å². The fraction of sp³-hybridized carbons (Fsp3) is 0.176. The van der Waals surface area contributed by atoms with E-state index in [9.17, 15) is 14.0 Å². The Balaban J connectivity index is 2.04. The zero-order chi connectivity index (χ0) is 17.4. The number of carbonyl (C=O) groups excluding carboxylic acids is 2. The van der Waals surface area contributed by atoms with Gasteiger partial charge >= 0.3 is 5.97 Å². The number of hydrogen-bond acceptors (Lipinski definition) is 5. The molecule has 2 aromatic rings. The zero-order valence-corrected chi connectivity index (χ0v) is 13.3. The number of cyclic esters (lactones) is 1. The van der Waals surface area contributed by atoms with Crippen molar-refractivity contribution in [3.8, 4) is 0 Å². The minimum absolute atomic E-state index is 0.0301. The van der Waals surface area contributed by atoms with Crippen molar-refractivity contribution in [2.75, 3.05) is 0 Å². The molecule has 0 spiro atoms. The van der Waals surface area contributed by atoms with Crippen molar-refractivity contribution in [3.63, 3.8) is 0 Å². The second-order valence-corrected chi connectivity index (χ2v) is 5.33. The third-order valence-electron chi connectivity index (χ3n) is 3.65. The molecule has 2 heterocycles. The second kappa shape index (κ2) is 5.84. The smallest absolute Gasteiger partial charge is 0.363 e. The van der Waals surface area contributed by atoms with Gasteiger partial charge in [0.15, 0.2) is 5.70 Å². The summed E-state index contributed by atoms with van der Waals surface area (Å²) in [6.45, 7) is 4.84. The van der Waals surface area contributed by atoms with Crippen LogP contribution in [0.15, 0.2) is 35.0 Å². The van der Waals surface area contributed by atoms with Gasteiger partial charge in [-0.25, -0.2) is 18.9 Å². The lowest BCUT2D eigenvalue weighted by Crippen LogP contribution is -2.09. The SMILES string of the molecule is CC(=O)n1nc(C)c(C=C2N=C(c3ccccc3F)OC2=O)c1C. The molecule has 1 aliphatic heterocycles. The first kappa shape index (κ1) is 15.8. The average molecular weight is 327 g/mol. The molecule has 0 amide bonds. The van der Waals surface area contributed by atoms with Crippen LogP contribution in [0.25, 0.3) is 6.08 Å². The van der Waals surface area contributed by atoms with Crippen LogP contribution >= 0.6 is 0 Å². The summed E-state index contributed by atoms with van der Waals surface area (Å²) in [4.78, 5) is 27.6. The molecule has 0 fully saturated rings. The first-order valence-electron chi connectivity index (χ1n) is 7.23. The minimum atomic E-state index is -0.678. The predicted molar refractivity (Wildman–Crippen MR) is 85.0 cm³/mol. The molecular formula is C17H14FN3O3. The van der Waals surface area contributed by atoms with E-state index in [-0.39, 0.29) is 23.1 Å². The monoisotopic (exact) mass is 327 g/mol. The van der Waals surface area contributed by atoms with Gasteiger partial charge in [-0.05, 0) is 32.1 Å². The maximum absolute atomic E-state index is 13.8. The van der Waals surface area contributed by atoms with Gasteiger partial charge in [-0.15, -0.1) is 0 Å². The van der Waals surface area contributed by atoms with Crippen LogP contribution in [0.5, 0.6) is 0 Å². The highest BCUT2D eigenvalue weighted by molar-refractivity contribution is 6.13. The van der Waals surface area contributed by atoms with E-state index in [0.29, 0.717) is 17.0 Å². The standard InChI is InChI=1S/C17H14FN3O3/c1-9-13(10(2)21(20-9)11(3)22)8-15-17(23)24-16(19-15)12-6-4-5-7-14(12)18/h4-8H,1-3H3. The summed E-state index contributed by atoms with van der Waals surface area (Å²) in [7, 11) is 0. The van der Waals surface area contributed by atoms with Crippen LogP contribution in [-0.4, -0.2) is 27.6 Å². The molecule has 24 heavy (non-hydrogen) atoms. The number of carbonyl (C=O) groups is 2. The van der Waals surface area contributed by atoms with Crippen LogP contribution in [0.1, 0.15) is 34.2 Å². The summed E-state index contributed by atoms with van der Waals surface area (Å²) in [5.74, 6) is -1.52. The minimum Gasteiger partial charge on any atom is -0.402 e. The fourth-order valence-corrected chi connectivity index (χ4v) is 2.47. The predicted octanol–water partition coefficient (Wildman–Crippen LogP) is 2.64. The van der Waals surface area contributed by atoms with E-state index in [2.05, 4.69) is 10.1 Å². The van der Waals surface area contributed by atoms with Gasteiger partial charge in [-0.1, -0.05) is 12.1 Å². The maximum atomic E-state index is 13.8. The molecular weight excluding hydrogens is 313 g/mol. The van der Waals surface area contributed by atoms with Gasteiger partial charge < -0.3 is 4.74 Å². The lowest BCUT2D eigenvalue weighted by molar-refractivity contribution is -0.129. The van der Waals surface area contributed by atoms with E-state index in [1.165, 1.54) is 35.9 Å². The van der Waals surface area contributed by atoms with E-state index >= 15 is 0 Å². The van der Waals surface area contributed by atoms with Crippen molar-refractivity contribution in [1.82, 2.24) is 9.78 Å². The molecule has 0 aliphatic carbocycles. The molecule has 0 saturated carbocycles. The number of esters is 1. The summed E-state index contributed by atoms with van der Waals surface area (Å²) < 4.78 is 20.1. The van der Waals surface area contributed by atoms with Gasteiger partial charge in [0.2, 0.25) is 11.8 Å². The largest absolute Gasteiger partial charge is 0.402 e. The normalized spacial score (nSPS) is 15.6. The number of halogens is 1. The molecule has 3 rings (SSSR count). The third kappa shape index (κ3) is 2.64. The molecule has 7 heteroatoms. The van der Waals surface area contributed by atoms with Crippen LogP contribution < -0.4 is 0 Å². The van der Waals surface area contributed by atoms with E-state index in [4.69, 9.17) is 4.74 Å². The summed E-state index contributed by atoms with van der Waals surface area (Å²) >= 11 is 0. The number of ether oxygens (including phenoxy) is 1. The molecule has 0 radical (unpaired) electrons. The van der Waals surface area contributed by atoms with Crippen molar-refractivity contribution in [2.24, 2.45) is 4.99 Å². The molecule has 1 aromatic carbocycles. The van der Waals surface area contributed by atoms with Gasteiger partial charge in [-0.2, -0.15) is 5.10 Å². The molecule has 0 bridgehead atoms. The highest BCUT2D eigenvalue weighted by Crippen LogP contribution is 2.23. The van der Waals surface area contributed by atoms with Crippen LogP contribution in [0.4, 0.5) is 4.39 Å². The molecule has 0 saturated heterocycles. The summed E-state index contributed by atoms with van der Waals surface area (Å²) in [6.07, 6.45) is 1.49. The van der Waals surface area contributed by atoms with Crippen LogP contribution in [0.2, 0.25) is 0 Å². The Hall–Kier alpha value is -3.09. The van der Waals surface area contributed by atoms with E-state index in [0.717, 1.165) is 0 Å². The van der Waals surface area contributed by atoms with Crippen molar-refractivity contribution in [3.05, 3.63) is 58.3 Å². The van der Waals surface area contributed by atoms with Crippen LogP contribution in [0, 0.1) is 19.7 Å². The molecule has 0 atom stereocenters. The Morgan fingerprint density at radius 3 is 2.62 bits per heavy atom. The Morgan fingerprint density at radius 2 is 2.00 bits per heavy atom. The number of aliphatic imine (C=N–C) groups is 1. The topological polar surface area (TPSA) is 73.6 Å². The third-order valence-corrected chi connectivity index (χ3v) is 3.65. The number of aryl methyl sites for hydroxylation is 1. The van der Waals surface area contributed by atoms with Gasteiger partial charge in [0, 0.05) is 12.5 Å². The number of benzene rings is 1. The van der Waals surface area contributed by atoms with Crippen molar-refractivity contribution < 1.29 is 18.7 Å². The van der Waals surface area contributed by atoms with E-state index in [1.54, 1.807) is 19.9 Å². The number of hydrogen-bond donors (Lipinski definition) is 0. The van der Waals surface area contributed by atoms with E-state index in [1.807, 2.05) is 0 Å². The number of nitrogens with zero attached hydrogens (tertiary/aromatic N) is 3. The summed E-state index contributed by atoms with van der Waals surface area (Å²) in [5.41, 5.74) is 1.92. The highest BCUT2D eigenvalue weighted by Gasteiger charge is 2.27. The lowest BCUT2D eigenvalue weighted by atomic mass is 10.1. The highest BCUT2D eigenvalue weighted by atomic mass is 19.1. The van der Waals surface area contributed by atoms with Crippen LogP contribution in [0.3, 0.4) is 0 Å². The van der Waals surface area contributed by atoms with Gasteiger partial charge in [0.25, 0.3) is 0 Å². The molecule has 0 N–H and O–H groups in total. The first-order chi connectivity index (χ1) is 11.4. The summed E-state index contributed by atoms with van der Waals surface area (Å²) in [5, 5.41) is 4.13. The zero-order valence-electron chi connectivity index (χ0n) is 13.3. The lowest BCUT2D eigenvalue weighted by Gasteiger charge is -1.99. The molecule has 1 aromatic heterocycles.